The highest BCUT2D eigenvalue weighted by molar-refractivity contribution is 7.93. The van der Waals surface area contributed by atoms with E-state index in [1.165, 1.54) is 35.9 Å². The minimum absolute atomic E-state index is 0.0265. The maximum atomic E-state index is 12.3. The molecule has 0 spiro atoms. The Morgan fingerprint density at radius 1 is 1.07 bits per heavy atom. The van der Waals surface area contributed by atoms with Gasteiger partial charge in [0.1, 0.15) is 0 Å². The molecule has 3 aromatic heterocycles. The highest BCUT2D eigenvalue weighted by atomic mass is 32.2. The van der Waals surface area contributed by atoms with Crippen molar-refractivity contribution in [1.82, 2.24) is 24.9 Å². The van der Waals surface area contributed by atoms with Gasteiger partial charge in [-0.2, -0.15) is 0 Å². The molecule has 29 heavy (non-hydrogen) atoms. The molecule has 0 saturated heterocycles. The number of nitrogens with one attached hydrogen (secondary N) is 4. The summed E-state index contributed by atoms with van der Waals surface area (Å²) in [6, 6.07) is 6.13. The highest BCUT2D eigenvalue weighted by Crippen LogP contribution is 2.19. The van der Waals surface area contributed by atoms with E-state index >= 15 is 0 Å². The van der Waals surface area contributed by atoms with Crippen molar-refractivity contribution in [2.75, 3.05) is 10.0 Å². The molecule has 1 aromatic carbocycles. The number of anilines is 2. The van der Waals surface area contributed by atoms with E-state index in [9.17, 15) is 18.0 Å². The number of rotatable bonds is 6. The number of H-pyrrole nitrogens is 2. The van der Waals surface area contributed by atoms with E-state index in [4.69, 9.17) is 0 Å². The van der Waals surface area contributed by atoms with Gasteiger partial charge in [-0.1, -0.05) is 0 Å². The normalized spacial score (nSPS) is 11.4. The second kappa shape index (κ2) is 7.44. The number of fused-ring (bicyclic) bond motifs is 1. The minimum Gasteiger partial charge on any atom is -0.379 e. The zero-order valence-electron chi connectivity index (χ0n) is 14.5. The lowest BCUT2D eigenvalue weighted by molar-refractivity contribution is 0.601. The van der Waals surface area contributed by atoms with Gasteiger partial charge in [0, 0.05) is 17.3 Å². The molecule has 4 N–H and O–H groups in total. The van der Waals surface area contributed by atoms with Gasteiger partial charge < -0.3 is 5.32 Å². The molecule has 0 radical (unpaired) electrons. The summed E-state index contributed by atoms with van der Waals surface area (Å²) in [7, 11) is -3.72. The van der Waals surface area contributed by atoms with Gasteiger partial charge in [0.15, 0.2) is 16.3 Å². The number of thiazole rings is 1. The van der Waals surface area contributed by atoms with Gasteiger partial charge in [-0.25, -0.2) is 28.2 Å². The fourth-order valence-corrected chi connectivity index (χ4v) is 4.24. The van der Waals surface area contributed by atoms with Crippen LogP contribution < -0.4 is 21.3 Å². The van der Waals surface area contributed by atoms with Crippen molar-refractivity contribution >= 4 is 43.3 Å². The van der Waals surface area contributed by atoms with Crippen molar-refractivity contribution in [3.8, 4) is 0 Å². The number of aromatic amines is 2. The van der Waals surface area contributed by atoms with Crippen LogP contribution in [-0.2, 0) is 16.6 Å². The monoisotopic (exact) mass is 431 g/mol. The first-order chi connectivity index (χ1) is 13.9. The van der Waals surface area contributed by atoms with Crippen molar-refractivity contribution in [2.45, 2.75) is 11.4 Å². The molecule has 0 amide bonds. The Labute approximate surface area is 167 Å². The summed E-state index contributed by atoms with van der Waals surface area (Å²) < 4.78 is 27.1. The average molecular weight is 431 g/mol. The van der Waals surface area contributed by atoms with Crippen molar-refractivity contribution in [1.29, 1.82) is 0 Å². The fourth-order valence-electron chi connectivity index (χ4n) is 2.45. The van der Waals surface area contributed by atoms with Crippen molar-refractivity contribution in [2.24, 2.45) is 0 Å². The highest BCUT2D eigenvalue weighted by Gasteiger charge is 2.15. The zero-order chi connectivity index (χ0) is 20.4. The molecule has 11 nitrogen and oxygen atoms in total. The first-order valence-corrected chi connectivity index (χ1v) is 10.5. The quantitative estimate of drug-likeness (QED) is 0.349. The number of aromatic nitrogens is 5. The Hall–Kier alpha value is -3.58. The fraction of sp³-hybridized carbons (Fsp3) is 0.0625. The second-order valence-electron chi connectivity index (χ2n) is 5.79. The summed E-state index contributed by atoms with van der Waals surface area (Å²) in [5.41, 5.74) is -0.0292. The Morgan fingerprint density at radius 2 is 1.86 bits per heavy atom. The molecular weight excluding hydrogens is 418 g/mol. The van der Waals surface area contributed by atoms with Crippen molar-refractivity contribution < 1.29 is 8.42 Å². The minimum atomic E-state index is -3.72. The average Bonchev–Trinajstić information content (AvgIpc) is 3.19. The van der Waals surface area contributed by atoms with Crippen LogP contribution in [0.2, 0.25) is 0 Å². The van der Waals surface area contributed by atoms with E-state index in [2.05, 4.69) is 35.0 Å². The van der Waals surface area contributed by atoms with Crippen molar-refractivity contribution in [3.05, 3.63) is 68.6 Å². The van der Waals surface area contributed by atoms with Crippen LogP contribution >= 0.6 is 11.3 Å². The van der Waals surface area contributed by atoms with Gasteiger partial charge in [-0.05, 0) is 24.3 Å². The molecule has 0 aliphatic heterocycles. The van der Waals surface area contributed by atoms with Crippen LogP contribution in [-0.4, -0.2) is 33.3 Å². The van der Waals surface area contributed by atoms with Crippen LogP contribution in [0.4, 0.5) is 10.8 Å². The van der Waals surface area contributed by atoms with E-state index in [0.717, 1.165) is 0 Å². The third-order valence-electron chi connectivity index (χ3n) is 3.79. The Bertz CT molecular complexity index is 1380. The Balaban J connectivity index is 1.47. The molecule has 0 aliphatic carbocycles. The summed E-state index contributed by atoms with van der Waals surface area (Å²) in [6.45, 7) is 0.241. The van der Waals surface area contributed by atoms with Gasteiger partial charge in [-0.3, -0.25) is 19.5 Å². The van der Waals surface area contributed by atoms with Crippen molar-refractivity contribution in [3.63, 3.8) is 0 Å². The molecule has 4 rings (SSSR count). The Kier molecular flexibility index (Phi) is 4.82. The smallest absolute Gasteiger partial charge is 0.327 e. The molecule has 0 bridgehead atoms. The number of benzene rings is 1. The molecule has 0 unspecified atom stereocenters. The lowest BCUT2D eigenvalue weighted by atomic mass is 10.3. The van der Waals surface area contributed by atoms with Crippen LogP contribution in [0.1, 0.15) is 5.69 Å². The number of sulfonamides is 1. The van der Waals surface area contributed by atoms with E-state index in [-0.39, 0.29) is 22.6 Å². The summed E-state index contributed by atoms with van der Waals surface area (Å²) in [4.78, 5) is 39.7. The van der Waals surface area contributed by atoms with E-state index in [1.807, 2.05) is 0 Å². The predicted molar refractivity (Wildman–Crippen MR) is 107 cm³/mol. The second-order valence-corrected chi connectivity index (χ2v) is 8.36. The van der Waals surface area contributed by atoms with Crippen LogP contribution in [0.5, 0.6) is 0 Å². The molecule has 13 heteroatoms. The molecule has 0 fully saturated rings. The van der Waals surface area contributed by atoms with Gasteiger partial charge in [0.05, 0.1) is 23.3 Å². The third-order valence-corrected chi connectivity index (χ3v) is 5.96. The lowest BCUT2D eigenvalue weighted by Gasteiger charge is -2.08. The van der Waals surface area contributed by atoms with E-state index in [1.54, 1.807) is 17.5 Å². The first-order valence-electron chi connectivity index (χ1n) is 8.15. The van der Waals surface area contributed by atoms with Gasteiger partial charge in [0.25, 0.3) is 15.6 Å². The van der Waals surface area contributed by atoms with Gasteiger partial charge in [-0.15, -0.1) is 11.3 Å². The van der Waals surface area contributed by atoms with Crippen LogP contribution in [0.25, 0.3) is 11.2 Å². The summed E-state index contributed by atoms with van der Waals surface area (Å²) in [6.07, 6.45) is 2.94. The van der Waals surface area contributed by atoms with E-state index in [0.29, 0.717) is 16.5 Å². The van der Waals surface area contributed by atoms with Crippen LogP contribution in [0.3, 0.4) is 0 Å². The Morgan fingerprint density at radius 3 is 2.59 bits per heavy atom. The maximum absolute atomic E-state index is 12.3. The third kappa shape index (κ3) is 4.14. The van der Waals surface area contributed by atoms with Gasteiger partial charge >= 0.3 is 5.69 Å². The molecule has 148 valence electrons. The summed E-state index contributed by atoms with van der Waals surface area (Å²) in [5, 5.41) is 5.03. The standard InChI is InChI=1S/C16H13N7O4S2/c24-14-12-13(21-15(25)22-14)19-8-10(20-12)7-18-9-1-3-11(4-2-9)29(26,27)23-16-17-5-6-28-16/h1-6,8,18H,7H2,(H,17,23)(H2,19,21,22,24,25). The number of hydrogen-bond acceptors (Lipinski definition) is 9. The largest absolute Gasteiger partial charge is 0.379 e. The SMILES string of the molecule is O=c1[nH]c(=O)c2nc(CNc3ccc(S(=O)(=O)Nc4nccs4)cc3)cnc2[nH]1. The molecule has 4 aromatic rings. The molecule has 0 atom stereocenters. The van der Waals surface area contributed by atoms with Crippen LogP contribution in [0.15, 0.2) is 56.5 Å². The number of nitrogens with zero attached hydrogens (tertiary/aromatic N) is 3. The maximum Gasteiger partial charge on any atom is 0.327 e. The van der Waals surface area contributed by atoms with Gasteiger partial charge in [0.2, 0.25) is 0 Å². The first kappa shape index (κ1) is 18.8. The molecular formula is C16H13N7O4S2. The predicted octanol–water partition coefficient (Wildman–Crippen LogP) is 0.876. The molecule has 3 heterocycles. The molecule has 0 aliphatic rings. The lowest BCUT2D eigenvalue weighted by Crippen LogP contribution is -2.23. The summed E-state index contributed by atoms with van der Waals surface area (Å²) >= 11 is 1.19. The number of hydrogen-bond donors (Lipinski definition) is 4. The summed E-state index contributed by atoms with van der Waals surface area (Å²) in [5.74, 6) is 0. The van der Waals surface area contributed by atoms with E-state index < -0.39 is 21.3 Å². The topological polar surface area (TPSA) is 163 Å². The van der Waals surface area contributed by atoms with Crippen LogP contribution in [0, 0.1) is 0 Å². The zero-order valence-corrected chi connectivity index (χ0v) is 16.2. The molecule has 0 saturated carbocycles.